The SMILES string of the molecule is COC(=O)CCCN1CCN(C(=O)CN2CCN(C(=N)N)CC2)CC1. The van der Waals surface area contributed by atoms with Gasteiger partial charge in [0.15, 0.2) is 5.96 Å². The fourth-order valence-corrected chi connectivity index (χ4v) is 3.21. The molecule has 0 aromatic rings. The minimum atomic E-state index is -0.168. The Bertz CT molecular complexity index is 470. The summed E-state index contributed by atoms with van der Waals surface area (Å²) in [5.41, 5.74) is 5.49. The highest BCUT2D eigenvalue weighted by atomic mass is 16.5. The lowest BCUT2D eigenvalue weighted by Crippen LogP contribution is -2.55. The van der Waals surface area contributed by atoms with Crippen molar-refractivity contribution in [3.8, 4) is 0 Å². The molecule has 0 radical (unpaired) electrons. The molecule has 0 bridgehead atoms. The number of rotatable bonds is 6. The number of methoxy groups -OCH3 is 1. The van der Waals surface area contributed by atoms with E-state index in [-0.39, 0.29) is 17.8 Å². The van der Waals surface area contributed by atoms with E-state index in [9.17, 15) is 9.59 Å². The quantitative estimate of drug-likeness (QED) is 0.343. The fourth-order valence-electron chi connectivity index (χ4n) is 3.21. The van der Waals surface area contributed by atoms with Crippen LogP contribution in [0.15, 0.2) is 0 Å². The van der Waals surface area contributed by atoms with Crippen molar-refractivity contribution in [3.63, 3.8) is 0 Å². The zero-order chi connectivity index (χ0) is 18.2. The van der Waals surface area contributed by atoms with Crippen LogP contribution in [0.1, 0.15) is 12.8 Å². The number of piperazine rings is 2. The largest absolute Gasteiger partial charge is 0.469 e. The van der Waals surface area contributed by atoms with Gasteiger partial charge in [0.2, 0.25) is 5.91 Å². The van der Waals surface area contributed by atoms with Crippen molar-refractivity contribution in [2.75, 3.05) is 72.6 Å². The number of nitrogens with one attached hydrogen (secondary N) is 1. The van der Waals surface area contributed by atoms with Crippen LogP contribution >= 0.6 is 0 Å². The van der Waals surface area contributed by atoms with Gasteiger partial charge in [-0.1, -0.05) is 0 Å². The van der Waals surface area contributed by atoms with Crippen molar-refractivity contribution < 1.29 is 14.3 Å². The molecule has 9 heteroatoms. The van der Waals surface area contributed by atoms with Gasteiger partial charge in [-0.2, -0.15) is 0 Å². The molecule has 9 nitrogen and oxygen atoms in total. The molecule has 2 fully saturated rings. The van der Waals surface area contributed by atoms with Crippen LogP contribution in [0.5, 0.6) is 0 Å². The third-order valence-corrected chi connectivity index (χ3v) is 4.88. The Morgan fingerprint density at radius 1 is 0.960 bits per heavy atom. The van der Waals surface area contributed by atoms with Gasteiger partial charge in [0.05, 0.1) is 13.7 Å². The summed E-state index contributed by atoms with van der Waals surface area (Å²) < 4.78 is 4.64. The van der Waals surface area contributed by atoms with Gasteiger partial charge < -0.3 is 20.3 Å². The van der Waals surface area contributed by atoms with Crippen LogP contribution in [0.25, 0.3) is 0 Å². The molecule has 2 saturated heterocycles. The number of nitrogens with zero attached hydrogens (tertiary/aromatic N) is 4. The van der Waals surface area contributed by atoms with E-state index in [1.54, 1.807) is 0 Å². The van der Waals surface area contributed by atoms with E-state index >= 15 is 0 Å². The number of carbonyl (C=O) groups excluding carboxylic acids is 2. The first-order valence-electron chi connectivity index (χ1n) is 8.88. The molecular weight excluding hydrogens is 324 g/mol. The average molecular weight is 354 g/mol. The molecule has 0 saturated carbocycles. The molecule has 2 heterocycles. The number of amides is 1. The van der Waals surface area contributed by atoms with E-state index in [0.717, 1.165) is 52.2 Å². The fraction of sp³-hybridized carbons (Fsp3) is 0.812. The third kappa shape index (κ3) is 6.17. The molecule has 0 atom stereocenters. The number of carbonyl (C=O) groups is 2. The minimum Gasteiger partial charge on any atom is -0.469 e. The van der Waals surface area contributed by atoms with Crippen LogP contribution in [0, 0.1) is 5.41 Å². The molecule has 1 amide bonds. The Morgan fingerprint density at radius 2 is 1.52 bits per heavy atom. The van der Waals surface area contributed by atoms with Crippen molar-refractivity contribution >= 4 is 17.8 Å². The Hall–Kier alpha value is -1.87. The van der Waals surface area contributed by atoms with E-state index in [4.69, 9.17) is 11.1 Å². The van der Waals surface area contributed by atoms with Crippen LogP contribution in [0.4, 0.5) is 0 Å². The van der Waals surface area contributed by atoms with Crippen molar-refractivity contribution in [3.05, 3.63) is 0 Å². The molecule has 0 aromatic carbocycles. The molecule has 142 valence electrons. The normalized spacial score (nSPS) is 19.7. The first-order chi connectivity index (χ1) is 12.0. The van der Waals surface area contributed by atoms with E-state index < -0.39 is 0 Å². The summed E-state index contributed by atoms with van der Waals surface area (Å²) in [6, 6.07) is 0. The van der Waals surface area contributed by atoms with Gasteiger partial charge in [0.1, 0.15) is 0 Å². The van der Waals surface area contributed by atoms with Crippen LogP contribution in [0.2, 0.25) is 0 Å². The Kier molecular flexibility index (Phi) is 7.45. The third-order valence-electron chi connectivity index (χ3n) is 4.88. The molecule has 2 rings (SSSR count). The van der Waals surface area contributed by atoms with Crippen LogP contribution < -0.4 is 5.73 Å². The maximum Gasteiger partial charge on any atom is 0.305 e. The molecule has 2 aliphatic rings. The summed E-state index contributed by atoms with van der Waals surface area (Å²) in [7, 11) is 1.41. The monoisotopic (exact) mass is 354 g/mol. The van der Waals surface area contributed by atoms with E-state index in [2.05, 4.69) is 14.5 Å². The summed E-state index contributed by atoms with van der Waals surface area (Å²) in [5, 5.41) is 7.44. The topological polar surface area (TPSA) is 106 Å². The highest BCUT2D eigenvalue weighted by molar-refractivity contribution is 5.78. The van der Waals surface area contributed by atoms with Gasteiger partial charge in [-0.3, -0.25) is 24.8 Å². The standard InChI is InChI=1S/C16H30N6O3/c1-25-15(24)3-2-4-19-5-9-21(10-6-19)14(23)13-20-7-11-22(12-8-20)16(17)18/h2-13H2,1H3,(H3,17,18). The maximum atomic E-state index is 12.5. The van der Waals surface area contributed by atoms with Crippen molar-refractivity contribution in [2.45, 2.75) is 12.8 Å². The molecule has 0 aliphatic carbocycles. The zero-order valence-electron chi connectivity index (χ0n) is 15.1. The number of ether oxygens (including phenoxy) is 1. The van der Waals surface area contributed by atoms with Crippen LogP contribution in [0.3, 0.4) is 0 Å². The van der Waals surface area contributed by atoms with Crippen LogP contribution in [-0.2, 0) is 14.3 Å². The molecule has 2 aliphatic heterocycles. The lowest BCUT2D eigenvalue weighted by molar-refractivity contribution is -0.140. The summed E-state index contributed by atoms with van der Waals surface area (Å²) in [5.74, 6) is 0.110. The molecule has 3 N–H and O–H groups in total. The number of hydrogen-bond acceptors (Lipinski definition) is 6. The van der Waals surface area contributed by atoms with Crippen LogP contribution in [-0.4, -0.2) is 110 Å². The molecule has 25 heavy (non-hydrogen) atoms. The van der Waals surface area contributed by atoms with Crippen molar-refractivity contribution in [1.82, 2.24) is 19.6 Å². The van der Waals surface area contributed by atoms with Gasteiger partial charge in [0.25, 0.3) is 0 Å². The number of nitrogens with two attached hydrogens (primary N) is 1. The predicted molar refractivity (Wildman–Crippen MR) is 94.2 cm³/mol. The molecular formula is C16H30N6O3. The average Bonchev–Trinajstić information content (AvgIpc) is 2.62. The van der Waals surface area contributed by atoms with Gasteiger partial charge in [-0.25, -0.2) is 0 Å². The van der Waals surface area contributed by atoms with E-state index in [1.807, 2.05) is 9.80 Å². The maximum absolute atomic E-state index is 12.5. The number of guanidine groups is 1. The Morgan fingerprint density at radius 3 is 2.08 bits per heavy atom. The second kappa shape index (κ2) is 9.57. The lowest BCUT2D eigenvalue weighted by Gasteiger charge is -2.38. The first kappa shape index (κ1) is 19.5. The highest BCUT2D eigenvalue weighted by Gasteiger charge is 2.24. The van der Waals surface area contributed by atoms with E-state index in [1.165, 1.54) is 7.11 Å². The smallest absolute Gasteiger partial charge is 0.305 e. The Balaban J connectivity index is 1.63. The second-order valence-corrected chi connectivity index (χ2v) is 6.55. The zero-order valence-corrected chi connectivity index (χ0v) is 15.1. The highest BCUT2D eigenvalue weighted by Crippen LogP contribution is 2.07. The van der Waals surface area contributed by atoms with Gasteiger partial charge in [-0.15, -0.1) is 0 Å². The summed E-state index contributed by atoms with van der Waals surface area (Å²) in [4.78, 5) is 31.7. The number of hydrogen-bond donors (Lipinski definition) is 2. The predicted octanol–water partition coefficient (Wildman–Crippen LogP) is -1.41. The number of esters is 1. The summed E-state index contributed by atoms with van der Waals surface area (Å²) >= 11 is 0. The van der Waals surface area contributed by atoms with Crippen molar-refractivity contribution in [2.24, 2.45) is 5.73 Å². The Labute approximate surface area is 149 Å². The van der Waals surface area contributed by atoms with Gasteiger partial charge >= 0.3 is 5.97 Å². The van der Waals surface area contributed by atoms with Gasteiger partial charge in [0, 0.05) is 58.8 Å². The first-order valence-corrected chi connectivity index (χ1v) is 8.88. The second-order valence-electron chi connectivity index (χ2n) is 6.55. The molecule has 0 unspecified atom stereocenters. The van der Waals surface area contributed by atoms with Crippen molar-refractivity contribution in [1.29, 1.82) is 5.41 Å². The molecule has 0 spiro atoms. The lowest BCUT2D eigenvalue weighted by atomic mass is 10.2. The van der Waals surface area contributed by atoms with Gasteiger partial charge in [-0.05, 0) is 13.0 Å². The summed E-state index contributed by atoms with van der Waals surface area (Å²) in [6.45, 7) is 7.42. The molecule has 0 aromatic heterocycles. The van der Waals surface area contributed by atoms with E-state index in [0.29, 0.717) is 26.1 Å². The summed E-state index contributed by atoms with van der Waals surface area (Å²) in [6.07, 6.45) is 1.24. The minimum absolute atomic E-state index is 0.106.